The molecule has 0 saturated heterocycles. The van der Waals surface area contributed by atoms with Crippen molar-refractivity contribution in [2.24, 2.45) is 4.99 Å². The molecule has 0 spiro atoms. The number of methoxy groups -OCH3 is 2. The molecule has 198 valence electrons. The first kappa shape index (κ1) is 26.1. The summed E-state index contributed by atoms with van der Waals surface area (Å²) >= 11 is 1.19. The number of halogens is 1. The molecule has 0 amide bonds. The van der Waals surface area contributed by atoms with E-state index in [0.29, 0.717) is 43.2 Å². The highest BCUT2D eigenvalue weighted by atomic mass is 32.1. The first-order chi connectivity index (χ1) is 18.9. The number of ether oxygens (including phenoxy) is 3. The van der Waals surface area contributed by atoms with Gasteiger partial charge >= 0.3 is 5.97 Å². The number of hydrogen-bond acceptors (Lipinski definition) is 7. The molecule has 0 bridgehead atoms. The number of nitrogens with zero attached hydrogens (tertiary/aromatic N) is 2. The number of fused-ring (bicyclic) bond motifs is 1. The molecule has 7 nitrogen and oxygen atoms in total. The van der Waals surface area contributed by atoms with E-state index in [0.717, 1.165) is 0 Å². The number of aromatic nitrogens is 1. The third-order valence-electron chi connectivity index (χ3n) is 6.29. The fraction of sp³-hybridized carbons (Fsp3) is 0.167. The average Bonchev–Trinajstić information content (AvgIpc) is 3.27. The van der Waals surface area contributed by atoms with Gasteiger partial charge in [-0.2, -0.15) is 0 Å². The number of rotatable bonds is 7. The van der Waals surface area contributed by atoms with Gasteiger partial charge in [0.15, 0.2) is 4.80 Å². The third-order valence-corrected chi connectivity index (χ3v) is 7.27. The van der Waals surface area contributed by atoms with Crippen molar-refractivity contribution in [2.45, 2.75) is 13.0 Å². The van der Waals surface area contributed by atoms with Gasteiger partial charge in [-0.25, -0.2) is 14.2 Å². The number of benzene rings is 3. The van der Waals surface area contributed by atoms with Gasteiger partial charge in [-0.05, 0) is 42.8 Å². The predicted octanol–water partition coefficient (Wildman–Crippen LogP) is 4.09. The van der Waals surface area contributed by atoms with E-state index < -0.39 is 17.8 Å². The van der Waals surface area contributed by atoms with E-state index in [4.69, 9.17) is 19.2 Å². The van der Waals surface area contributed by atoms with Crippen LogP contribution in [0.1, 0.15) is 29.7 Å². The van der Waals surface area contributed by atoms with Crippen LogP contribution in [0.2, 0.25) is 0 Å². The molecular formula is C30H25FN2O5S. The topological polar surface area (TPSA) is 79.1 Å². The zero-order valence-corrected chi connectivity index (χ0v) is 22.3. The molecule has 3 aromatic carbocycles. The van der Waals surface area contributed by atoms with Crippen molar-refractivity contribution in [3.05, 3.63) is 121 Å². The van der Waals surface area contributed by atoms with Crippen molar-refractivity contribution in [3.8, 4) is 11.5 Å². The van der Waals surface area contributed by atoms with Crippen LogP contribution in [-0.4, -0.2) is 31.4 Å². The summed E-state index contributed by atoms with van der Waals surface area (Å²) in [6, 6.07) is 19.4. The van der Waals surface area contributed by atoms with Crippen LogP contribution in [0.25, 0.3) is 11.8 Å². The molecule has 0 aliphatic carbocycles. The van der Waals surface area contributed by atoms with Crippen LogP contribution in [0.4, 0.5) is 4.39 Å². The monoisotopic (exact) mass is 544 g/mol. The standard InChI is InChI=1S/C30H25FN2O5S/c1-4-38-29(35)25-26(18-8-6-5-7-9-18)32-30-33(27(25)19-10-13-21(31)14-11-19)28(34)24(39-30)16-20-12-15-22(36-2)17-23(20)37-3/h5-17,27H,4H2,1-3H3/b24-16-/t27-/m1/s1. The molecule has 0 N–H and O–H groups in total. The fourth-order valence-corrected chi connectivity index (χ4v) is 5.47. The number of hydrogen-bond donors (Lipinski definition) is 0. The lowest BCUT2D eigenvalue weighted by molar-refractivity contribution is -0.138. The lowest BCUT2D eigenvalue weighted by Gasteiger charge is -2.25. The molecule has 2 heterocycles. The minimum atomic E-state index is -0.879. The first-order valence-electron chi connectivity index (χ1n) is 12.2. The molecule has 9 heteroatoms. The Labute approximate surface area is 227 Å². The number of carbonyl (C=O) groups excluding carboxylic acids is 1. The van der Waals surface area contributed by atoms with Gasteiger partial charge in [-0.1, -0.05) is 53.8 Å². The molecule has 1 aromatic heterocycles. The Morgan fingerprint density at radius 3 is 2.46 bits per heavy atom. The van der Waals surface area contributed by atoms with E-state index in [9.17, 15) is 14.0 Å². The highest BCUT2D eigenvalue weighted by molar-refractivity contribution is 7.07. The number of esters is 1. The summed E-state index contributed by atoms with van der Waals surface area (Å²) in [5.41, 5.74) is 2.18. The van der Waals surface area contributed by atoms with Gasteiger partial charge in [0.1, 0.15) is 17.3 Å². The molecule has 0 fully saturated rings. The van der Waals surface area contributed by atoms with Crippen LogP contribution in [0.3, 0.4) is 0 Å². The van der Waals surface area contributed by atoms with Crippen molar-refractivity contribution in [1.29, 1.82) is 0 Å². The second kappa shape index (κ2) is 11.1. The molecule has 1 aliphatic heterocycles. The van der Waals surface area contributed by atoms with E-state index in [1.807, 2.05) is 30.3 Å². The van der Waals surface area contributed by atoms with Crippen LogP contribution >= 0.6 is 11.3 Å². The molecule has 0 saturated carbocycles. The van der Waals surface area contributed by atoms with Gasteiger partial charge < -0.3 is 14.2 Å². The Hall–Kier alpha value is -4.50. The highest BCUT2D eigenvalue weighted by Gasteiger charge is 2.35. The smallest absolute Gasteiger partial charge is 0.338 e. The Balaban J connectivity index is 1.81. The molecule has 1 atom stereocenters. The van der Waals surface area contributed by atoms with Gasteiger partial charge in [0.05, 0.1) is 42.7 Å². The maximum atomic E-state index is 13.9. The van der Waals surface area contributed by atoms with Gasteiger partial charge in [-0.3, -0.25) is 9.36 Å². The Morgan fingerprint density at radius 1 is 1.05 bits per heavy atom. The van der Waals surface area contributed by atoms with Crippen LogP contribution in [0.15, 0.2) is 88.2 Å². The summed E-state index contributed by atoms with van der Waals surface area (Å²) in [6.45, 7) is 1.85. The summed E-state index contributed by atoms with van der Waals surface area (Å²) in [5, 5.41) is 0. The molecular weight excluding hydrogens is 519 g/mol. The summed E-state index contributed by atoms with van der Waals surface area (Å²) in [6.07, 6.45) is 1.72. The normalized spacial score (nSPS) is 15.0. The van der Waals surface area contributed by atoms with Crippen LogP contribution < -0.4 is 24.4 Å². The van der Waals surface area contributed by atoms with E-state index in [1.54, 1.807) is 57.6 Å². The Bertz CT molecular complexity index is 1740. The third kappa shape index (κ3) is 5.00. The second-order valence-electron chi connectivity index (χ2n) is 8.59. The van der Waals surface area contributed by atoms with Crippen molar-refractivity contribution >= 4 is 29.1 Å². The largest absolute Gasteiger partial charge is 0.497 e. The van der Waals surface area contributed by atoms with Crippen LogP contribution in [0, 0.1) is 5.82 Å². The SMILES string of the molecule is CCOC(=O)C1=C(c2ccccc2)N=c2s/c(=C\c3ccc(OC)cc3OC)c(=O)n2[C@@H]1c1ccc(F)cc1. The maximum Gasteiger partial charge on any atom is 0.338 e. The molecule has 1 aliphatic rings. The maximum absolute atomic E-state index is 13.9. The van der Waals surface area contributed by atoms with Crippen molar-refractivity contribution in [1.82, 2.24) is 4.57 Å². The van der Waals surface area contributed by atoms with E-state index in [1.165, 1.54) is 28.0 Å². The van der Waals surface area contributed by atoms with Gasteiger partial charge in [-0.15, -0.1) is 0 Å². The minimum Gasteiger partial charge on any atom is -0.497 e. The lowest BCUT2D eigenvalue weighted by Crippen LogP contribution is -2.40. The summed E-state index contributed by atoms with van der Waals surface area (Å²) in [7, 11) is 3.10. The molecule has 5 rings (SSSR count). The minimum absolute atomic E-state index is 0.141. The molecule has 0 unspecified atom stereocenters. The highest BCUT2D eigenvalue weighted by Crippen LogP contribution is 2.35. The number of thiazole rings is 1. The van der Waals surface area contributed by atoms with Crippen LogP contribution in [0.5, 0.6) is 11.5 Å². The Morgan fingerprint density at radius 2 is 1.79 bits per heavy atom. The summed E-state index contributed by atoms with van der Waals surface area (Å²) in [4.78, 5) is 32.6. The van der Waals surface area contributed by atoms with Crippen LogP contribution in [-0.2, 0) is 9.53 Å². The predicted molar refractivity (Wildman–Crippen MR) is 147 cm³/mol. The fourth-order valence-electron chi connectivity index (χ4n) is 4.48. The quantitative estimate of drug-likeness (QED) is 0.328. The van der Waals surface area contributed by atoms with Crippen molar-refractivity contribution < 1.29 is 23.4 Å². The molecule has 39 heavy (non-hydrogen) atoms. The lowest BCUT2D eigenvalue weighted by atomic mass is 9.93. The van der Waals surface area contributed by atoms with Gasteiger partial charge in [0.2, 0.25) is 0 Å². The second-order valence-corrected chi connectivity index (χ2v) is 9.60. The van der Waals surface area contributed by atoms with Gasteiger partial charge in [0.25, 0.3) is 5.56 Å². The Kier molecular flexibility index (Phi) is 7.42. The average molecular weight is 545 g/mol. The van der Waals surface area contributed by atoms with Crippen molar-refractivity contribution in [2.75, 3.05) is 20.8 Å². The first-order valence-corrected chi connectivity index (χ1v) is 13.0. The van der Waals surface area contributed by atoms with Gasteiger partial charge in [0, 0.05) is 17.2 Å². The van der Waals surface area contributed by atoms with E-state index in [2.05, 4.69) is 0 Å². The van der Waals surface area contributed by atoms with Crippen molar-refractivity contribution in [3.63, 3.8) is 0 Å². The van der Waals surface area contributed by atoms with E-state index in [-0.39, 0.29) is 17.7 Å². The number of carbonyl (C=O) groups is 1. The summed E-state index contributed by atoms with van der Waals surface area (Å²) in [5.74, 6) is 0.129. The molecule has 4 aromatic rings. The molecule has 0 radical (unpaired) electrons. The zero-order chi connectivity index (χ0) is 27.5. The van der Waals surface area contributed by atoms with E-state index >= 15 is 0 Å². The zero-order valence-electron chi connectivity index (χ0n) is 21.5. The summed E-state index contributed by atoms with van der Waals surface area (Å²) < 4.78 is 32.0.